The lowest BCUT2D eigenvalue weighted by atomic mass is 10.1. The normalized spacial score (nSPS) is 14.5. The maximum absolute atomic E-state index is 13.6. The predicted molar refractivity (Wildman–Crippen MR) is 64.4 cm³/mol. The maximum Gasteiger partial charge on any atom is 0.250 e. The zero-order chi connectivity index (χ0) is 13.0. The Morgan fingerprint density at radius 1 is 1.41 bits per heavy atom. The van der Waals surface area contributed by atoms with E-state index in [0.29, 0.717) is 5.56 Å². The maximum atomic E-state index is 13.6. The van der Waals surface area contributed by atoms with Crippen LogP contribution in [0, 0.1) is 5.82 Å². The molecule has 0 aliphatic carbocycles. The number of amides is 1. The molecule has 0 aromatic heterocycles. The van der Waals surface area contributed by atoms with Gasteiger partial charge in [0.1, 0.15) is 5.82 Å². The number of nitrogens with one attached hydrogen (secondary N) is 1. The van der Waals surface area contributed by atoms with Crippen molar-refractivity contribution in [3.8, 4) is 0 Å². The van der Waals surface area contributed by atoms with Gasteiger partial charge in [-0.3, -0.25) is 15.1 Å². The Balaban J connectivity index is 2.87. The minimum Gasteiger partial charge on any atom is -0.293 e. The number of nitrogens with zero attached hydrogens (tertiary/aromatic N) is 1. The molecule has 17 heavy (non-hydrogen) atoms. The van der Waals surface area contributed by atoms with Crippen molar-refractivity contribution in [3.05, 3.63) is 35.6 Å². The number of benzene rings is 1. The Kier molecular flexibility index (Phi) is 4.60. The highest BCUT2D eigenvalue weighted by Crippen LogP contribution is 2.23. The van der Waals surface area contributed by atoms with Crippen LogP contribution in [0.1, 0.15) is 25.5 Å². The molecule has 0 aliphatic heterocycles. The van der Waals surface area contributed by atoms with Crippen molar-refractivity contribution in [1.82, 2.24) is 10.3 Å². The third-order valence-corrected chi connectivity index (χ3v) is 3.10. The van der Waals surface area contributed by atoms with E-state index < -0.39 is 6.04 Å². The van der Waals surface area contributed by atoms with E-state index in [0.717, 1.165) is 0 Å². The number of rotatable bonds is 4. The fraction of sp³-hybridized carbons (Fsp3) is 0.417. The first-order chi connectivity index (χ1) is 7.99. The molecule has 4 nitrogen and oxygen atoms in total. The topological polar surface area (TPSA) is 58.4 Å². The molecule has 0 saturated carbocycles. The highest BCUT2D eigenvalue weighted by Gasteiger charge is 2.23. The summed E-state index contributed by atoms with van der Waals surface area (Å²) in [6, 6.07) is 5.91. The fourth-order valence-corrected chi connectivity index (χ4v) is 1.67. The van der Waals surface area contributed by atoms with Crippen LogP contribution in [0.2, 0.25) is 0 Å². The quantitative estimate of drug-likeness (QED) is 0.471. The summed E-state index contributed by atoms with van der Waals surface area (Å²) in [6.45, 7) is 3.57. The van der Waals surface area contributed by atoms with E-state index in [2.05, 4.69) is 5.43 Å². The van der Waals surface area contributed by atoms with E-state index in [1.807, 2.05) is 6.92 Å². The third kappa shape index (κ3) is 3.01. The molecular weight excluding hydrogens is 221 g/mol. The van der Waals surface area contributed by atoms with Crippen LogP contribution in [0.4, 0.5) is 4.39 Å². The molecule has 1 aromatic rings. The van der Waals surface area contributed by atoms with Crippen LogP contribution in [0.15, 0.2) is 24.3 Å². The highest BCUT2D eigenvalue weighted by molar-refractivity contribution is 5.80. The highest BCUT2D eigenvalue weighted by atomic mass is 19.1. The fourth-order valence-electron chi connectivity index (χ4n) is 1.67. The summed E-state index contributed by atoms with van der Waals surface area (Å²) in [5.74, 6) is 4.51. The largest absolute Gasteiger partial charge is 0.293 e. The van der Waals surface area contributed by atoms with Crippen molar-refractivity contribution in [2.45, 2.75) is 25.9 Å². The van der Waals surface area contributed by atoms with Crippen LogP contribution < -0.4 is 11.3 Å². The molecule has 0 fully saturated rings. The van der Waals surface area contributed by atoms with E-state index in [1.54, 1.807) is 37.1 Å². The number of hydrogen-bond acceptors (Lipinski definition) is 3. The van der Waals surface area contributed by atoms with Gasteiger partial charge >= 0.3 is 0 Å². The molecule has 2 unspecified atom stereocenters. The van der Waals surface area contributed by atoms with Gasteiger partial charge in [-0.15, -0.1) is 0 Å². The smallest absolute Gasteiger partial charge is 0.250 e. The number of halogens is 1. The van der Waals surface area contributed by atoms with E-state index in [4.69, 9.17) is 5.84 Å². The minimum atomic E-state index is -0.422. The number of nitrogens with two attached hydrogens (primary N) is 1. The lowest BCUT2D eigenvalue weighted by molar-refractivity contribution is -0.126. The van der Waals surface area contributed by atoms with Gasteiger partial charge < -0.3 is 0 Å². The summed E-state index contributed by atoms with van der Waals surface area (Å²) in [5.41, 5.74) is 2.65. The van der Waals surface area contributed by atoms with Crippen molar-refractivity contribution < 1.29 is 9.18 Å². The first-order valence-electron chi connectivity index (χ1n) is 5.45. The molecule has 0 aliphatic rings. The van der Waals surface area contributed by atoms with E-state index in [-0.39, 0.29) is 17.8 Å². The van der Waals surface area contributed by atoms with E-state index in [9.17, 15) is 9.18 Å². The van der Waals surface area contributed by atoms with Gasteiger partial charge in [0, 0.05) is 11.6 Å². The average Bonchev–Trinajstić information content (AvgIpc) is 2.35. The second kappa shape index (κ2) is 5.75. The number of hydrogen-bond donors (Lipinski definition) is 2. The van der Waals surface area contributed by atoms with Gasteiger partial charge in [0.25, 0.3) is 5.91 Å². The summed E-state index contributed by atoms with van der Waals surface area (Å²) in [5, 5.41) is 0. The van der Waals surface area contributed by atoms with E-state index in [1.165, 1.54) is 6.07 Å². The predicted octanol–water partition coefficient (Wildman–Crippen LogP) is 1.20. The van der Waals surface area contributed by atoms with Crippen molar-refractivity contribution in [2.24, 2.45) is 5.84 Å². The van der Waals surface area contributed by atoms with Crippen molar-refractivity contribution >= 4 is 5.91 Å². The molecule has 1 aromatic carbocycles. The summed E-state index contributed by atoms with van der Waals surface area (Å²) in [6.07, 6.45) is 0. The lowest BCUT2D eigenvalue weighted by Crippen LogP contribution is -2.46. The Morgan fingerprint density at radius 2 is 2.00 bits per heavy atom. The van der Waals surface area contributed by atoms with Gasteiger partial charge in [-0.25, -0.2) is 10.2 Å². The molecule has 94 valence electrons. The van der Waals surface area contributed by atoms with Gasteiger partial charge in [-0.1, -0.05) is 18.2 Å². The first-order valence-corrected chi connectivity index (χ1v) is 5.45. The van der Waals surface area contributed by atoms with Gasteiger partial charge in [-0.2, -0.15) is 0 Å². The Bertz CT molecular complexity index is 397. The van der Waals surface area contributed by atoms with Gasteiger partial charge in [0.05, 0.1) is 6.04 Å². The lowest BCUT2D eigenvalue weighted by Gasteiger charge is -2.29. The van der Waals surface area contributed by atoms with Crippen LogP contribution in [-0.4, -0.2) is 23.9 Å². The van der Waals surface area contributed by atoms with Crippen LogP contribution in [0.25, 0.3) is 0 Å². The van der Waals surface area contributed by atoms with Gasteiger partial charge in [0.2, 0.25) is 0 Å². The standard InChI is InChI=1S/C12H18FN3O/c1-8(10-6-4-5-7-11(10)13)16(3)9(2)12(17)15-14/h4-9H,14H2,1-3H3,(H,15,17). The van der Waals surface area contributed by atoms with Gasteiger partial charge in [-0.05, 0) is 27.0 Å². The average molecular weight is 239 g/mol. The zero-order valence-electron chi connectivity index (χ0n) is 10.3. The second-order valence-corrected chi connectivity index (χ2v) is 4.05. The second-order valence-electron chi connectivity index (χ2n) is 4.05. The molecular formula is C12H18FN3O. The molecule has 0 spiro atoms. The zero-order valence-corrected chi connectivity index (χ0v) is 10.3. The van der Waals surface area contributed by atoms with Crippen LogP contribution in [0.3, 0.4) is 0 Å². The third-order valence-electron chi connectivity index (χ3n) is 3.10. The SMILES string of the molecule is CC(C(=O)NN)N(C)C(C)c1ccccc1F. The summed E-state index contributed by atoms with van der Waals surface area (Å²) in [7, 11) is 1.76. The molecule has 1 rings (SSSR count). The monoisotopic (exact) mass is 239 g/mol. The minimum absolute atomic E-state index is 0.205. The van der Waals surface area contributed by atoms with Gasteiger partial charge in [0.15, 0.2) is 0 Å². The number of carbonyl (C=O) groups is 1. The summed E-state index contributed by atoms with van der Waals surface area (Å²) < 4.78 is 13.6. The Hall–Kier alpha value is -1.46. The van der Waals surface area contributed by atoms with Crippen LogP contribution >= 0.6 is 0 Å². The molecule has 2 atom stereocenters. The number of carbonyl (C=O) groups excluding carboxylic acids is 1. The Labute approximate surface area is 101 Å². The van der Waals surface area contributed by atoms with Crippen molar-refractivity contribution in [1.29, 1.82) is 0 Å². The molecule has 0 bridgehead atoms. The van der Waals surface area contributed by atoms with Crippen LogP contribution in [0.5, 0.6) is 0 Å². The molecule has 0 saturated heterocycles. The summed E-state index contributed by atoms with van der Waals surface area (Å²) in [4.78, 5) is 13.2. The van der Waals surface area contributed by atoms with Crippen molar-refractivity contribution in [2.75, 3.05) is 7.05 Å². The molecule has 1 amide bonds. The molecule has 3 N–H and O–H groups in total. The first kappa shape index (κ1) is 13.6. The van der Waals surface area contributed by atoms with Crippen molar-refractivity contribution in [3.63, 3.8) is 0 Å². The van der Waals surface area contributed by atoms with E-state index >= 15 is 0 Å². The summed E-state index contributed by atoms with van der Waals surface area (Å²) >= 11 is 0. The molecule has 5 heteroatoms. The molecule has 0 heterocycles. The number of hydrazine groups is 1. The van der Waals surface area contributed by atoms with Crippen LogP contribution in [-0.2, 0) is 4.79 Å². The Morgan fingerprint density at radius 3 is 2.53 bits per heavy atom. The molecule has 0 radical (unpaired) electrons. The number of likely N-dealkylation sites (N-methyl/N-ethyl adjacent to an activating group) is 1.